The summed E-state index contributed by atoms with van der Waals surface area (Å²) in [5, 5.41) is 21.5. The largest absolute Gasteiger partial charge is 0.493 e. The van der Waals surface area contributed by atoms with Crippen LogP contribution in [-0.2, 0) is 9.53 Å². The summed E-state index contributed by atoms with van der Waals surface area (Å²) in [6, 6.07) is 1.51. The van der Waals surface area contributed by atoms with Crippen LogP contribution in [0, 0.1) is 0 Å². The van der Waals surface area contributed by atoms with Gasteiger partial charge >= 0.3 is 12.1 Å². The Bertz CT molecular complexity index is 833. The van der Waals surface area contributed by atoms with Crippen molar-refractivity contribution in [3.05, 3.63) is 18.5 Å². The zero-order valence-corrected chi connectivity index (χ0v) is 14.5. The zero-order chi connectivity index (χ0) is 19.5. The van der Waals surface area contributed by atoms with Crippen LogP contribution in [0.25, 0.3) is 10.9 Å². The number of aliphatic carboxylic acids is 1. The molecule has 1 aromatic heterocycles. The van der Waals surface area contributed by atoms with E-state index in [1.165, 1.54) is 18.5 Å². The lowest BCUT2D eigenvalue weighted by atomic mass is 10.2. The van der Waals surface area contributed by atoms with Gasteiger partial charge in [0.05, 0.1) is 16.6 Å². The number of hydrogen-bond acceptors (Lipinski definition) is 8. The number of aromatic nitrogens is 2. The lowest BCUT2D eigenvalue weighted by Crippen LogP contribution is -2.46. The monoisotopic (exact) mass is 364 g/mol. The molecule has 0 fully saturated rings. The Morgan fingerprint density at radius 2 is 2.00 bits per heavy atom. The first kappa shape index (κ1) is 19.0. The summed E-state index contributed by atoms with van der Waals surface area (Å²) in [5.41, 5.74) is 5.61. The van der Waals surface area contributed by atoms with Gasteiger partial charge in [-0.3, -0.25) is 0 Å². The maximum absolute atomic E-state index is 11.7. The number of nitrogens with zero attached hydrogens (tertiary/aromatic N) is 2. The molecule has 5 N–H and O–H groups in total. The molecular formula is C16H20N4O6. The summed E-state index contributed by atoms with van der Waals surface area (Å²) in [6.45, 7) is 4.59. The van der Waals surface area contributed by atoms with Gasteiger partial charge in [-0.2, -0.15) is 0 Å². The van der Waals surface area contributed by atoms with Crippen LogP contribution in [0.5, 0.6) is 11.6 Å². The van der Waals surface area contributed by atoms with Crippen molar-refractivity contribution in [2.24, 2.45) is 0 Å². The highest BCUT2D eigenvalue weighted by Crippen LogP contribution is 2.30. The average molecular weight is 364 g/mol. The second-order valence-electron chi connectivity index (χ2n) is 6.45. The van der Waals surface area contributed by atoms with Crippen molar-refractivity contribution in [2.45, 2.75) is 32.4 Å². The molecule has 0 spiro atoms. The number of carboxylic acids is 1. The zero-order valence-electron chi connectivity index (χ0n) is 14.5. The van der Waals surface area contributed by atoms with Gasteiger partial charge in [-0.1, -0.05) is 0 Å². The number of carbonyl (C=O) groups excluding carboxylic acids is 1. The second-order valence-corrected chi connectivity index (χ2v) is 6.45. The third kappa shape index (κ3) is 4.85. The third-order valence-corrected chi connectivity index (χ3v) is 3.14. The molecule has 0 aliphatic rings. The molecule has 26 heavy (non-hydrogen) atoms. The van der Waals surface area contributed by atoms with Gasteiger partial charge in [-0.25, -0.2) is 19.6 Å². The van der Waals surface area contributed by atoms with Crippen molar-refractivity contribution in [1.29, 1.82) is 0 Å². The molecule has 140 valence electrons. The van der Waals surface area contributed by atoms with Crippen LogP contribution in [0.15, 0.2) is 18.5 Å². The molecule has 0 saturated heterocycles. The van der Waals surface area contributed by atoms with E-state index in [9.17, 15) is 19.8 Å². The second kappa shape index (κ2) is 7.30. The van der Waals surface area contributed by atoms with Crippen molar-refractivity contribution >= 4 is 28.7 Å². The maximum Gasteiger partial charge on any atom is 0.408 e. The minimum absolute atomic E-state index is 0.156. The molecule has 0 aliphatic heterocycles. The molecule has 0 unspecified atom stereocenters. The van der Waals surface area contributed by atoms with Crippen molar-refractivity contribution in [3.63, 3.8) is 0 Å². The van der Waals surface area contributed by atoms with Crippen LogP contribution < -0.4 is 15.8 Å². The van der Waals surface area contributed by atoms with Crippen LogP contribution in [-0.4, -0.2) is 50.5 Å². The lowest BCUT2D eigenvalue weighted by molar-refractivity contribution is -0.140. The summed E-state index contributed by atoms with van der Waals surface area (Å²) in [5.74, 6) is -1.37. The number of hydrogen-bond donors (Lipinski definition) is 4. The summed E-state index contributed by atoms with van der Waals surface area (Å²) < 4.78 is 10.4. The van der Waals surface area contributed by atoms with Gasteiger partial charge in [0.25, 0.3) is 0 Å². The molecule has 0 bridgehead atoms. The third-order valence-electron chi connectivity index (χ3n) is 3.14. The van der Waals surface area contributed by atoms with Crippen molar-refractivity contribution in [3.8, 4) is 11.6 Å². The molecule has 2 aromatic rings. The SMILES string of the molecule is CC(C)(C)OC(=O)N[C@@H](COc1cc2ncnc(O)c2cc1N)C(=O)O. The fourth-order valence-electron chi connectivity index (χ4n) is 2.01. The first-order valence-electron chi connectivity index (χ1n) is 7.65. The van der Waals surface area contributed by atoms with Crippen molar-refractivity contribution in [1.82, 2.24) is 15.3 Å². The van der Waals surface area contributed by atoms with E-state index in [4.69, 9.17) is 15.2 Å². The fraction of sp³-hybridized carbons (Fsp3) is 0.375. The number of amides is 1. The number of nitrogens with two attached hydrogens (primary N) is 1. The normalized spacial score (nSPS) is 12.4. The molecule has 1 heterocycles. The Labute approximate surface area is 149 Å². The van der Waals surface area contributed by atoms with Crippen LogP contribution in [0.1, 0.15) is 20.8 Å². The smallest absolute Gasteiger partial charge is 0.408 e. The van der Waals surface area contributed by atoms with Gasteiger partial charge in [0.1, 0.15) is 24.3 Å². The quantitative estimate of drug-likeness (QED) is 0.573. The molecule has 0 radical (unpaired) electrons. The van der Waals surface area contributed by atoms with Crippen LogP contribution in [0.2, 0.25) is 0 Å². The van der Waals surface area contributed by atoms with E-state index in [1.54, 1.807) is 20.8 Å². The number of aromatic hydroxyl groups is 1. The van der Waals surface area contributed by atoms with E-state index < -0.39 is 23.7 Å². The van der Waals surface area contributed by atoms with E-state index in [1.807, 2.05) is 0 Å². The number of alkyl carbamates (subject to hydrolysis) is 1. The van der Waals surface area contributed by atoms with Gasteiger partial charge in [-0.15, -0.1) is 0 Å². The number of benzene rings is 1. The van der Waals surface area contributed by atoms with Gasteiger partial charge in [0.15, 0.2) is 6.04 Å². The lowest BCUT2D eigenvalue weighted by Gasteiger charge is -2.22. The maximum atomic E-state index is 11.7. The molecule has 1 amide bonds. The summed E-state index contributed by atoms with van der Waals surface area (Å²) >= 11 is 0. The highest BCUT2D eigenvalue weighted by atomic mass is 16.6. The minimum atomic E-state index is -1.35. The van der Waals surface area contributed by atoms with Gasteiger partial charge < -0.3 is 30.7 Å². The molecule has 10 nitrogen and oxygen atoms in total. The Balaban J connectivity index is 2.11. The Hall–Kier alpha value is -3.30. The highest BCUT2D eigenvalue weighted by molar-refractivity contribution is 5.88. The van der Waals surface area contributed by atoms with E-state index in [0.717, 1.165) is 0 Å². The van der Waals surface area contributed by atoms with E-state index in [0.29, 0.717) is 10.9 Å². The number of carboxylic acid groups (broad SMARTS) is 1. The number of rotatable bonds is 5. The molecule has 2 rings (SSSR count). The summed E-state index contributed by atoms with van der Waals surface area (Å²) in [6.07, 6.45) is 0.291. The molecular weight excluding hydrogens is 344 g/mol. The number of nitrogens with one attached hydrogen (secondary N) is 1. The Morgan fingerprint density at radius 1 is 1.31 bits per heavy atom. The van der Waals surface area contributed by atoms with Gasteiger partial charge in [0.2, 0.25) is 5.88 Å². The molecule has 10 heteroatoms. The molecule has 1 aromatic carbocycles. The molecule has 0 saturated carbocycles. The first-order valence-corrected chi connectivity index (χ1v) is 7.65. The van der Waals surface area contributed by atoms with Crippen LogP contribution in [0.3, 0.4) is 0 Å². The first-order chi connectivity index (χ1) is 12.1. The Morgan fingerprint density at radius 3 is 2.62 bits per heavy atom. The predicted molar refractivity (Wildman–Crippen MR) is 91.9 cm³/mol. The number of fused-ring (bicyclic) bond motifs is 1. The van der Waals surface area contributed by atoms with E-state index in [2.05, 4.69) is 15.3 Å². The molecule has 1 atom stereocenters. The van der Waals surface area contributed by atoms with Crippen molar-refractivity contribution < 1.29 is 29.3 Å². The number of nitrogen functional groups attached to an aromatic ring is 1. The van der Waals surface area contributed by atoms with Crippen molar-refractivity contribution in [2.75, 3.05) is 12.3 Å². The van der Waals surface area contributed by atoms with Gasteiger partial charge in [-0.05, 0) is 26.8 Å². The van der Waals surface area contributed by atoms with E-state index in [-0.39, 0.29) is 23.9 Å². The number of anilines is 1. The van der Waals surface area contributed by atoms with Gasteiger partial charge in [0, 0.05) is 6.07 Å². The van der Waals surface area contributed by atoms with Crippen LogP contribution >= 0.6 is 0 Å². The standard InChI is InChI=1S/C16H20N4O6/c1-16(2,3)26-15(24)20-11(14(22)23)6-25-12-5-10-8(4-9(12)17)13(21)19-7-18-10/h4-5,7,11H,6,17H2,1-3H3,(H,20,24)(H,22,23)(H,18,19,21)/t11-/m0/s1. The number of carbonyl (C=O) groups is 2. The summed E-state index contributed by atoms with van der Waals surface area (Å²) in [4.78, 5) is 30.7. The van der Waals surface area contributed by atoms with Crippen LogP contribution in [0.4, 0.5) is 10.5 Å². The van der Waals surface area contributed by atoms with E-state index >= 15 is 0 Å². The Kier molecular flexibility index (Phi) is 5.34. The average Bonchev–Trinajstić information content (AvgIpc) is 2.50. The topological polar surface area (TPSA) is 157 Å². The highest BCUT2D eigenvalue weighted by Gasteiger charge is 2.25. The predicted octanol–water partition coefficient (Wildman–Crippen LogP) is 1.27. The molecule has 0 aliphatic carbocycles. The number of ether oxygens (including phenoxy) is 2. The minimum Gasteiger partial charge on any atom is -0.493 e. The summed E-state index contributed by atoms with van der Waals surface area (Å²) in [7, 11) is 0. The fourth-order valence-corrected chi connectivity index (χ4v) is 2.01.